The van der Waals surface area contributed by atoms with Crippen molar-refractivity contribution in [2.24, 2.45) is 0 Å². The number of carbonyl (C=O) groups excluding carboxylic acids is 3. The first-order valence-electron chi connectivity index (χ1n) is 29.7. The normalized spacial score (nSPS) is 12.0. The quantitative estimate of drug-likeness (QED) is 0.0262. The SMILES string of the molecule is CCCCCCCCCC/C=C\CCCCCCCCCCCCCCCCCCCC(=O)OCC(COC(=O)CCCCCCCCCC)OC(=O)CCCCCCCCCCCCC. The Morgan fingerprint density at radius 1 is 0.288 bits per heavy atom. The lowest BCUT2D eigenvalue weighted by atomic mass is 10.0. The summed E-state index contributed by atoms with van der Waals surface area (Å²) in [4.78, 5) is 37.9. The molecule has 0 spiro atoms. The second-order valence-corrected chi connectivity index (χ2v) is 20.3. The van der Waals surface area contributed by atoms with Gasteiger partial charge in [0.2, 0.25) is 0 Å². The third-order valence-corrected chi connectivity index (χ3v) is 13.5. The molecule has 0 saturated heterocycles. The molecule has 0 heterocycles. The Morgan fingerprint density at radius 2 is 0.500 bits per heavy atom. The molecule has 0 fully saturated rings. The van der Waals surface area contributed by atoms with Gasteiger partial charge in [-0.05, 0) is 44.9 Å². The molecule has 0 aliphatic heterocycles. The van der Waals surface area contributed by atoms with Gasteiger partial charge in [-0.2, -0.15) is 0 Å². The van der Waals surface area contributed by atoms with Crippen LogP contribution >= 0.6 is 0 Å². The molecule has 0 saturated carbocycles. The van der Waals surface area contributed by atoms with Crippen molar-refractivity contribution in [3.05, 3.63) is 12.2 Å². The van der Waals surface area contributed by atoms with Gasteiger partial charge in [0.15, 0.2) is 6.10 Å². The Kier molecular flexibility index (Phi) is 54.2. The van der Waals surface area contributed by atoms with Crippen LogP contribution in [0.1, 0.15) is 335 Å². The van der Waals surface area contributed by atoms with E-state index in [0.717, 1.165) is 57.8 Å². The highest BCUT2D eigenvalue weighted by Gasteiger charge is 2.19. The van der Waals surface area contributed by atoms with Crippen LogP contribution in [0, 0.1) is 0 Å². The number of ether oxygens (including phenoxy) is 3. The van der Waals surface area contributed by atoms with E-state index in [1.807, 2.05) is 0 Å². The highest BCUT2D eigenvalue weighted by molar-refractivity contribution is 5.71. The van der Waals surface area contributed by atoms with Crippen molar-refractivity contribution in [2.75, 3.05) is 13.2 Å². The van der Waals surface area contributed by atoms with Crippen molar-refractivity contribution in [3.63, 3.8) is 0 Å². The summed E-state index contributed by atoms with van der Waals surface area (Å²) in [6.07, 6.45) is 63.9. The molecule has 0 aliphatic rings. The average molecular weight is 932 g/mol. The van der Waals surface area contributed by atoms with Crippen LogP contribution in [0.4, 0.5) is 0 Å². The van der Waals surface area contributed by atoms with E-state index in [9.17, 15) is 14.4 Å². The van der Waals surface area contributed by atoms with Gasteiger partial charge >= 0.3 is 17.9 Å². The largest absolute Gasteiger partial charge is 0.462 e. The van der Waals surface area contributed by atoms with Crippen molar-refractivity contribution in [1.82, 2.24) is 0 Å². The maximum Gasteiger partial charge on any atom is 0.306 e. The predicted octanol–water partition coefficient (Wildman–Crippen LogP) is 19.7. The number of esters is 3. The van der Waals surface area contributed by atoms with E-state index >= 15 is 0 Å². The van der Waals surface area contributed by atoms with Gasteiger partial charge in [-0.25, -0.2) is 0 Å². The zero-order valence-corrected chi connectivity index (χ0v) is 44.7. The van der Waals surface area contributed by atoms with Gasteiger partial charge in [-0.1, -0.05) is 283 Å². The molecule has 1 atom stereocenters. The minimum Gasteiger partial charge on any atom is -0.462 e. The summed E-state index contributed by atoms with van der Waals surface area (Å²) in [6.45, 7) is 6.65. The molecule has 0 aromatic heterocycles. The summed E-state index contributed by atoms with van der Waals surface area (Å²) >= 11 is 0. The maximum atomic E-state index is 12.7. The van der Waals surface area contributed by atoms with Crippen LogP contribution in [-0.4, -0.2) is 37.2 Å². The lowest BCUT2D eigenvalue weighted by Gasteiger charge is -2.18. The topological polar surface area (TPSA) is 78.9 Å². The lowest BCUT2D eigenvalue weighted by Crippen LogP contribution is -2.30. The van der Waals surface area contributed by atoms with Crippen LogP contribution in [0.5, 0.6) is 0 Å². The summed E-state index contributed by atoms with van der Waals surface area (Å²) in [5, 5.41) is 0. The fraction of sp³-hybridized carbons (Fsp3) is 0.917. The van der Waals surface area contributed by atoms with Crippen molar-refractivity contribution in [2.45, 2.75) is 341 Å². The first kappa shape index (κ1) is 64.2. The molecule has 66 heavy (non-hydrogen) atoms. The molecule has 390 valence electrons. The number of unbranched alkanes of at least 4 members (excludes halogenated alkanes) is 42. The Morgan fingerprint density at radius 3 is 0.758 bits per heavy atom. The van der Waals surface area contributed by atoms with Gasteiger partial charge in [0.25, 0.3) is 0 Å². The number of rotatable bonds is 55. The van der Waals surface area contributed by atoms with Crippen molar-refractivity contribution >= 4 is 17.9 Å². The monoisotopic (exact) mass is 931 g/mol. The number of hydrogen-bond acceptors (Lipinski definition) is 6. The van der Waals surface area contributed by atoms with E-state index < -0.39 is 6.10 Å². The van der Waals surface area contributed by atoms with E-state index in [1.165, 1.54) is 238 Å². The zero-order valence-electron chi connectivity index (χ0n) is 44.7. The summed E-state index contributed by atoms with van der Waals surface area (Å²) in [5.74, 6) is -0.849. The molecule has 0 bridgehead atoms. The molecular formula is C60H114O6. The minimum atomic E-state index is -0.761. The first-order chi connectivity index (χ1) is 32.5. The van der Waals surface area contributed by atoms with Crippen LogP contribution in [0.3, 0.4) is 0 Å². The zero-order chi connectivity index (χ0) is 47.9. The van der Waals surface area contributed by atoms with E-state index in [0.29, 0.717) is 19.3 Å². The Labute approximate surface area is 411 Å². The fourth-order valence-electron chi connectivity index (χ4n) is 9.03. The van der Waals surface area contributed by atoms with Gasteiger partial charge in [-0.15, -0.1) is 0 Å². The van der Waals surface area contributed by atoms with Crippen molar-refractivity contribution < 1.29 is 28.6 Å². The molecule has 0 N–H and O–H groups in total. The standard InChI is InChI=1S/C60H114O6/c1-4-7-10-13-16-19-21-22-23-24-25-26-27-28-29-30-31-32-33-34-35-36-37-38-40-41-44-47-50-53-59(62)65-56-57(55-64-58(61)52-49-46-43-18-15-12-9-6-3)66-60(63)54-51-48-45-42-39-20-17-14-11-8-5-2/h24-25,57H,4-23,26-56H2,1-3H3/b25-24-. The second-order valence-electron chi connectivity index (χ2n) is 20.3. The average Bonchev–Trinajstić information content (AvgIpc) is 3.31. The van der Waals surface area contributed by atoms with Crippen molar-refractivity contribution in [1.29, 1.82) is 0 Å². The van der Waals surface area contributed by atoms with E-state index in [2.05, 4.69) is 32.9 Å². The van der Waals surface area contributed by atoms with Gasteiger partial charge in [-0.3, -0.25) is 14.4 Å². The van der Waals surface area contributed by atoms with Gasteiger partial charge in [0.1, 0.15) is 13.2 Å². The molecular weight excluding hydrogens is 817 g/mol. The minimum absolute atomic E-state index is 0.0639. The molecule has 0 rings (SSSR count). The number of hydrogen-bond donors (Lipinski definition) is 0. The summed E-state index contributed by atoms with van der Waals surface area (Å²) in [6, 6.07) is 0. The third-order valence-electron chi connectivity index (χ3n) is 13.5. The third kappa shape index (κ3) is 53.1. The highest BCUT2D eigenvalue weighted by atomic mass is 16.6. The van der Waals surface area contributed by atoms with E-state index in [4.69, 9.17) is 14.2 Å². The smallest absolute Gasteiger partial charge is 0.306 e. The van der Waals surface area contributed by atoms with Crippen LogP contribution < -0.4 is 0 Å². The van der Waals surface area contributed by atoms with E-state index in [-0.39, 0.29) is 31.1 Å². The molecule has 0 aliphatic carbocycles. The fourth-order valence-corrected chi connectivity index (χ4v) is 9.03. The number of allylic oxidation sites excluding steroid dienone is 2. The van der Waals surface area contributed by atoms with Crippen LogP contribution in [0.25, 0.3) is 0 Å². The second kappa shape index (κ2) is 55.7. The van der Waals surface area contributed by atoms with Crippen LogP contribution in [-0.2, 0) is 28.6 Å². The first-order valence-corrected chi connectivity index (χ1v) is 29.7. The molecule has 1 unspecified atom stereocenters. The van der Waals surface area contributed by atoms with Crippen LogP contribution in [0.2, 0.25) is 0 Å². The molecule has 6 nitrogen and oxygen atoms in total. The lowest BCUT2D eigenvalue weighted by molar-refractivity contribution is -0.167. The molecule has 0 amide bonds. The van der Waals surface area contributed by atoms with E-state index in [1.54, 1.807) is 0 Å². The Hall–Kier alpha value is -1.85. The molecule has 6 heteroatoms. The van der Waals surface area contributed by atoms with Gasteiger partial charge in [0, 0.05) is 19.3 Å². The summed E-state index contributed by atoms with van der Waals surface area (Å²) in [5.41, 5.74) is 0. The van der Waals surface area contributed by atoms with Gasteiger partial charge in [0.05, 0.1) is 0 Å². The maximum absolute atomic E-state index is 12.7. The van der Waals surface area contributed by atoms with Crippen LogP contribution in [0.15, 0.2) is 12.2 Å². The summed E-state index contributed by atoms with van der Waals surface area (Å²) in [7, 11) is 0. The molecule has 0 radical (unpaired) electrons. The Balaban J connectivity index is 3.97. The highest BCUT2D eigenvalue weighted by Crippen LogP contribution is 2.17. The van der Waals surface area contributed by atoms with Crippen molar-refractivity contribution in [3.8, 4) is 0 Å². The van der Waals surface area contributed by atoms with Gasteiger partial charge < -0.3 is 14.2 Å². The summed E-state index contributed by atoms with van der Waals surface area (Å²) < 4.78 is 16.8. The Bertz CT molecular complexity index is 1020. The molecule has 0 aromatic rings. The number of carbonyl (C=O) groups is 3. The predicted molar refractivity (Wildman–Crippen MR) is 284 cm³/mol. The molecule has 0 aromatic carbocycles.